The number of ether oxygens (including phenoxy) is 1. The summed E-state index contributed by atoms with van der Waals surface area (Å²) in [4.78, 5) is 14.5. The molecular formula is C22H32N2O2. The molecule has 1 atom stereocenters. The van der Waals surface area contributed by atoms with Gasteiger partial charge in [0.1, 0.15) is 0 Å². The molecule has 3 rings (SSSR count). The number of piperidine rings is 1. The van der Waals surface area contributed by atoms with Crippen molar-refractivity contribution in [2.45, 2.75) is 44.6 Å². The van der Waals surface area contributed by atoms with Gasteiger partial charge in [0, 0.05) is 26.1 Å². The van der Waals surface area contributed by atoms with Crippen LogP contribution >= 0.6 is 0 Å². The number of hydrogen-bond donors (Lipinski definition) is 1. The molecule has 2 aliphatic rings. The summed E-state index contributed by atoms with van der Waals surface area (Å²) >= 11 is 0. The summed E-state index contributed by atoms with van der Waals surface area (Å²) in [5.74, 6) is 0.881. The minimum Gasteiger partial charge on any atom is -0.376 e. The Kier molecular flexibility index (Phi) is 7.71. The lowest BCUT2D eigenvalue weighted by Crippen LogP contribution is -2.35. The average Bonchev–Trinajstić information content (AvgIpc) is 3.20. The van der Waals surface area contributed by atoms with Crippen molar-refractivity contribution in [2.75, 3.05) is 32.8 Å². The summed E-state index contributed by atoms with van der Waals surface area (Å²) in [6.07, 6.45) is 11.0. The predicted octanol–water partition coefficient (Wildman–Crippen LogP) is 3.49. The number of rotatable bonds is 8. The molecule has 1 N–H and O–H groups in total. The highest BCUT2D eigenvalue weighted by Gasteiger charge is 2.20. The van der Waals surface area contributed by atoms with E-state index in [1.165, 1.54) is 18.4 Å². The molecule has 0 aliphatic carbocycles. The van der Waals surface area contributed by atoms with Crippen molar-refractivity contribution in [3.05, 3.63) is 42.0 Å². The van der Waals surface area contributed by atoms with E-state index in [0.717, 1.165) is 45.5 Å². The highest BCUT2D eigenvalue weighted by Crippen LogP contribution is 2.22. The van der Waals surface area contributed by atoms with E-state index in [0.29, 0.717) is 18.9 Å². The van der Waals surface area contributed by atoms with E-state index in [4.69, 9.17) is 4.74 Å². The van der Waals surface area contributed by atoms with Crippen LogP contribution in [0, 0.1) is 5.92 Å². The van der Waals surface area contributed by atoms with Crippen molar-refractivity contribution in [1.82, 2.24) is 10.2 Å². The van der Waals surface area contributed by atoms with Crippen LogP contribution in [0.5, 0.6) is 0 Å². The molecular weight excluding hydrogens is 324 g/mol. The molecule has 4 nitrogen and oxygen atoms in total. The first-order valence-corrected chi connectivity index (χ1v) is 10.1. The van der Waals surface area contributed by atoms with E-state index < -0.39 is 0 Å². The summed E-state index contributed by atoms with van der Waals surface area (Å²) < 4.78 is 5.54. The molecule has 0 aromatic heterocycles. The second-order valence-electron chi connectivity index (χ2n) is 7.53. The summed E-state index contributed by atoms with van der Waals surface area (Å²) in [6, 6.07) is 10.5. The molecule has 1 aromatic carbocycles. The van der Waals surface area contributed by atoms with Crippen molar-refractivity contribution in [3.63, 3.8) is 0 Å². The van der Waals surface area contributed by atoms with Crippen LogP contribution in [0.15, 0.2) is 36.4 Å². The molecule has 0 saturated carbocycles. The van der Waals surface area contributed by atoms with Gasteiger partial charge in [-0.3, -0.25) is 9.69 Å². The van der Waals surface area contributed by atoms with Crippen molar-refractivity contribution >= 4 is 12.0 Å². The van der Waals surface area contributed by atoms with Gasteiger partial charge in [0.05, 0.1) is 6.10 Å². The summed E-state index contributed by atoms with van der Waals surface area (Å²) in [5, 5.41) is 3.03. The Morgan fingerprint density at radius 2 is 2.00 bits per heavy atom. The molecule has 0 spiro atoms. The number of nitrogens with zero attached hydrogens (tertiary/aromatic N) is 1. The van der Waals surface area contributed by atoms with Gasteiger partial charge in [-0.25, -0.2) is 0 Å². The largest absolute Gasteiger partial charge is 0.376 e. The van der Waals surface area contributed by atoms with Crippen molar-refractivity contribution in [3.8, 4) is 0 Å². The van der Waals surface area contributed by atoms with Crippen molar-refractivity contribution in [2.24, 2.45) is 5.92 Å². The second kappa shape index (κ2) is 10.5. The third-order valence-electron chi connectivity index (χ3n) is 5.51. The van der Waals surface area contributed by atoms with Crippen LogP contribution in [0.4, 0.5) is 0 Å². The van der Waals surface area contributed by atoms with Gasteiger partial charge in [-0.1, -0.05) is 42.5 Å². The van der Waals surface area contributed by atoms with E-state index in [-0.39, 0.29) is 12.0 Å². The van der Waals surface area contributed by atoms with Gasteiger partial charge in [0.15, 0.2) is 0 Å². The molecule has 1 amide bonds. The Bertz CT molecular complexity index is 559. The fourth-order valence-corrected chi connectivity index (χ4v) is 3.82. The Labute approximate surface area is 157 Å². The molecule has 0 bridgehead atoms. The lowest BCUT2D eigenvalue weighted by Gasteiger charge is -2.31. The lowest BCUT2D eigenvalue weighted by atomic mass is 9.92. The fraction of sp³-hybridized carbons (Fsp3) is 0.591. The molecule has 2 heterocycles. The van der Waals surface area contributed by atoms with Crippen LogP contribution in [0.1, 0.15) is 44.1 Å². The SMILES string of the molecule is O=C(CCC1CCN(C/C=C/c2ccccc2)CC1)NC[C@H]1CCCO1. The van der Waals surface area contributed by atoms with Gasteiger partial charge in [0.2, 0.25) is 5.91 Å². The maximum Gasteiger partial charge on any atom is 0.220 e. The highest BCUT2D eigenvalue weighted by atomic mass is 16.5. The van der Waals surface area contributed by atoms with Crippen molar-refractivity contribution in [1.29, 1.82) is 0 Å². The minimum atomic E-state index is 0.189. The Hall–Kier alpha value is -1.65. The summed E-state index contributed by atoms with van der Waals surface area (Å²) in [5.41, 5.74) is 1.26. The summed E-state index contributed by atoms with van der Waals surface area (Å²) in [6.45, 7) is 4.83. The normalized spacial score (nSPS) is 22.1. The molecule has 2 fully saturated rings. The number of carbonyl (C=O) groups is 1. The fourth-order valence-electron chi connectivity index (χ4n) is 3.82. The first kappa shape index (κ1) is 19.1. The zero-order valence-electron chi connectivity index (χ0n) is 15.7. The quantitative estimate of drug-likeness (QED) is 0.775. The highest BCUT2D eigenvalue weighted by molar-refractivity contribution is 5.75. The monoisotopic (exact) mass is 356 g/mol. The van der Waals surface area contributed by atoms with E-state index in [1.807, 2.05) is 6.07 Å². The maximum atomic E-state index is 12.0. The first-order chi connectivity index (χ1) is 12.8. The van der Waals surface area contributed by atoms with E-state index >= 15 is 0 Å². The topological polar surface area (TPSA) is 41.6 Å². The number of benzene rings is 1. The smallest absolute Gasteiger partial charge is 0.220 e. The van der Waals surface area contributed by atoms with Gasteiger partial charge in [-0.05, 0) is 56.7 Å². The summed E-state index contributed by atoms with van der Waals surface area (Å²) in [7, 11) is 0. The van der Waals surface area contributed by atoms with Crippen LogP contribution < -0.4 is 5.32 Å². The van der Waals surface area contributed by atoms with Crippen LogP contribution in [0.3, 0.4) is 0 Å². The maximum absolute atomic E-state index is 12.0. The number of hydrogen-bond acceptors (Lipinski definition) is 3. The number of likely N-dealkylation sites (tertiary alicyclic amines) is 1. The molecule has 2 saturated heterocycles. The minimum absolute atomic E-state index is 0.189. The third-order valence-corrected chi connectivity index (χ3v) is 5.51. The lowest BCUT2D eigenvalue weighted by molar-refractivity contribution is -0.122. The van der Waals surface area contributed by atoms with Crippen molar-refractivity contribution < 1.29 is 9.53 Å². The van der Waals surface area contributed by atoms with Gasteiger partial charge in [-0.15, -0.1) is 0 Å². The Morgan fingerprint density at radius 1 is 1.19 bits per heavy atom. The van der Waals surface area contributed by atoms with Crippen LogP contribution in [-0.2, 0) is 9.53 Å². The zero-order chi connectivity index (χ0) is 18.0. The van der Waals surface area contributed by atoms with Crippen LogP contribution in [0.2, 0.25) is 0 Å². The molecule has 4 heteroatoms. The van der Waals surface area contributed by atoms with E-state index in [2.05, 4.69) is 46.6 Å². The van der Waals surface area contributed by atoms with Crippen LogP contribution in [-0.4, -0.2) is 49.7 Å². The standard InChI is InChI=1S/C22H32N2O2/c25-22(23-18-21-9-5-17-26-21)11-10-20-12-15-24(16-13-20)14-4-8-19-6-2-1-3-7-19/h1-4,6-8,20-21H,5,9-18H2,(H,23,25)/b8-4+/t21-/m1/s1. The molecule has 0 unspecified atom stereocenters. The number of carbonyl (C=O) groups excluding carboxylic acids is 1. The Balaban J connectivity index is 1.26. The Morgan fingerprint density at radius 3 is 2.73 bits per heavy atom. The average molecular weight is 357 g/mol. The molecule has 26 heavy (non-hydrogen) atoms. The third kappa shape index (κ3) is 6.58. The molecule has 142 valence electrons. The molecule has 2 aliphatic heterocycles. The second-order valence-corrected chi connectivity index (χ2v) is 7.53. The molecule has 1 aromatic rings. The van der Waals surface area contributed by atoms with Gasteiger partial charge >= 0.3 is 0 Å². The van der Waals surface area contributed by atoms with Gasteiger partial charge < -0.3 is 10.1 Å². The van der Waals surface area contributed by atoms with Crippen LogP contribution in [0.25, 0.3) is 6.08 Å². The number of amides is 1. The number of nitrogens with one attached hydrogen (secondary N) is 1. The van der Waals surface area contributed by atoms with Gasteiger partial charge in [-0.2, -0.15) is 0 Å². The van der Waals surface area contributed by atoms with E-state index in [1.54, 1.807) is 0 Å². The van der Waals surface area contributed by atoms with Gasteiger partial charge in [0.25, 0.3) is 0 Å². The predicted molar refractivity (Wildman–Crippen MR) is 106 cm³/mol. The molecule has 0 radical (unpaired) electrons. The first-order valence-electron chi connectivity index (χ1n) is 10.1. The van der Waals surface area contributed by atoms with E-state index in [9.17, 15) is 4.79 Å². The zero-order valence-corrected chi connectivity index (χ0v) is 15.7.